The van der Waals surface area contributed by atoms with Gasteiger partial charge < -0.3 is 20.1 Å². The lowest BCUT2D eigenvalue weighted by Crippen LogP contribution is -2.31. The Morgan fingerprint density at radius 2 is 1.87 bits per heavy atom. The monoisotopic (exact) mass is 314 g/mol. The number of aliphatic hydroxyl groups excluding tert-OH is 1. The predicted molar refractivity (Wildman–Crippen MR) is 79.2 cm³/mol. The molecule has 0 aliphatic carbocycles. The van der Waals surface area contributed by atoms with Gasteiger partial charge in [-0.2, -0.15) is 0 Å². The van der Waals surface area contributed by atoms with Crippen molar-refractivity contribution in [2.45, 2.75) is 18.6 Å². The summed E-state index contributed by atoms with van der Waals surface area (Å²) in [7, 11) is 0. The summed E-state index contributed by atoms with van der Waals surface area (Å²) in [5, 5.41) is 29.0. The maximum atomic E-state index is 12.4. The molecule has 118 valence electrons. The SMILES string of the molecule is O=C(O)Cc1cc(O)cc2c1C(O)C(=O)C(c1ccccc1)O2. The van der Waals surface area contributed by atoms with Crippen molar-refractivity contribution >= 4 is 11.8 Å². The Bertz CT molecular complexity index is 768. The number of rotatable bonds is 3. The Kier molecular flexibility index (Phi) is 3.75. The number of benzene rings is 2. The summed E-state index contributed by atoms with van der Waals surface area (Å²) >= 11 is 0. The smallest absolute Gasteiger partial charge is 0.307 e. The fourth-order valence-electron chi connectivity index (χ4n) is 2.72. The highest BCUT2D eigenvalue weighted by Crippen LogP contribution is 2.42. The number of aromatic hydroxyl groups is 1. The Labute approximate surface area is 131 Å². The summed E-state index contributed by atoms with van der Waals surface area (Å²) in [6.07, 6.45) is -2.93. The number of phenols is 1. The van der Waals surface area contributed by atoms with E-state index < -0.39 is 30.4 Å². The molecule has 2 unspecified atom stereocenters. The van der Waals surface area contributed by atoms with E-state index in [4.69, 9.17) is 9.84 Å². The molecule has 23 heavy (non-hydrogen) atoms. The predicted octanol–water partition coefficient (Wildman–Crippen LogP) is 1.76. The Hall–Kier alpha value is -2.86. The van der Waals surface area contributed by atoms with Crippen LogP contribution in [0.25, 0.3) is 0 Å². The second-order valence-corrected chi connectivity index (χ2v) is 5.30. The zero-order chi connectivity index (χ0) is 16.6. The van der Waals surface area contributed by atoms with Crippen molar-refractivity contribution in [3.05, 3.63) is 59.2 Å². The van der Waals surface area contributed by atoms with Crippen molar-refractivity contribution in [1.82, 2.24) is 0 Å². The highest BCUT2D eigenvalue weighted by Gasteiger charge is 2.38. The molecule has 0 spiro atoms. The molecule has 2 aromatic rings. The van der Waals surface area contributed by atoms with Gasteiger partial charge in [0.1, 0.15) is 17.6 Å². The van der Waals surface area contributed by atoms with Crippen LogP contribution < -0.4 is 4.74 Å². The van der Waals surface area contributed by atoms with Crippen molar-refractivity contribution in [2.75, 3.05) is 0 Å². The molecule has 1 heterocycles. The van der Waals surface area contributed by atoms with Gasteiger partial charge in [-0.05, 0) is 17.2 Å². The summed E-state index contributed by atoms with van der Waals surface area (Å²) in [5.74, 6) is -1.78. The van der Waals surface area contributed by atoms with Gasteiger partial charge in [0.2, 0.25) is 5.78 Å². The van der Waals surface area contributed by atoms with E-state index >= 15 is 0 Å². The molecule has 6 nitrogen and oxygen atoms in total. The number of ether oxygens (including phenoxy) is 1. The molecule has 3 rings (SSSR count). The number of hydrogen-bond acceptors (Lipinski definition) is 5. The van der Waals surface area contributed by atoms with Gasteiger partial charge in [-0.15, -0.1) is 0 Å². The van der Waals surface area contributed by atoms with Gasteiger partial charge in [0.15, 0.2) is 6.10 Å². The average Bonchev–Trinajstić information content (AvgIpc) is 2.50. The minimum atomic E-state index is -1.50. The zero-order valence-electron chi connectivity index (χ0n) is 12.0. The van der Waals surface area contributed by atoms with E-state index in [1.54, 1.807) is 30.3 Å². The van der Waals surface area contributed by atoms with Crippen molar-refractivity contribution in [3.8, 4) is 11.5 Å². The van der Waals surface area contributed by atoms with Crippen molar-refractivity contribution in [1.29, 1.82) is 0 Å². The number of hydrogen-bond donors (Lipinski definition) is 3. The molecule has 2 atom stereocenters. The third-order valence-electron chi connectivity index (χ3n) is 3.70. The lowest BCUT2D eigenvalue weighted by atomic mass is 9.89. The fraction of sp³-hybridized carbons (Fsp3) is 0.176. The topological polar surface area (TPSA) is 104 Å². The largest absolute Gasteiger partial charge is 0.508 e. The van der Waals surface area contributed by atoms with Gasteiger partial charge in [0, 0.05) is 11.6 Å². The molecule has 1 aliphatic rings. The molecule has 0 saturated heterocycles. The fourth-order valence-corrected chi connectivity index (χ4v) is 2.72. The number of carbonyl (C=O) groups is 2. The molecule has 0 saturated carbocycles. The number of carboxylic acids is 1. The molecule has 3 N–H and O–H groups in total. The third kappa shape index (κ3) is 2.76. The number of aliphatic hydroxyl groups is 1. The number of carbonyl (C=O) groups excluding carboxylic acids is 1. The summed E-state index contributed by atoms with van der Waals surface area (Å²) in [4.78, 5) is 23.4. The summed E-state index contributed by atoms with van der Waals surface area (Å²) < 4.78 is 5.64. The number of carboxylic acid groups (broad SMARTS) is 1. The van der Waals surface area contributed by atoms with E-state index in [1.165, 1.54) is 12.1 Å². The summed E-state index contributed by atoms with van der Waals surface area (Å²) in [6, 6.07) is 11.2. The second-order valence-electron chi connectivity index (χ2n) is 5.30. The van der Waals surface area contributed by atoms with Crippen LogP contribution in [-0.2, 0) is 16.0 Å². The molecule has 0 fully saturated rings. The molecule has 0 bridgehead atoms. The lowest BCUT2D eigenvalue weighted by Gasteiger charge is -2.30. The maximum Gasteiger partial charge on any atom is 0.307 e. The first-order valence-electron chi connectivity index (χ1n) is 6.98. The van der Waals surface area contributed by atoms with Gasteiger partial charge in [0.25, 0.3) is 0 Å². The van der Waals surface area contributed by atoms with Crippen LogP contribution in [0, 0.1) is 0 Å². The Morgan fingerprint density at radius 1 is 1.17 bits per heavy atom. The van der Waals surface area contributed by atoms with E-state index in [0.717, 1.165) is 0 Å². The minimum Gasteiger partial charge on any atom is -0.508 e. The van der Waals surface area contributed by atoms with Crippen LogP contribution in [0.2, 0.25) is 0 Å². The molecule has 2 aromatic carbocycles. The number of ketones is 1. The molecule has 6 heteroatoms. The highest BCUT2D eigenvalue weighted by molar-refractivity contribution is 5.92. The van der Waals surface area contributed by atoms with Crippen LogP contribution in [0.1, 0.15) is 28.9 Å². The first kappa shape index (κ1) is 15.1. The number of aliphatic carboxylic acids is 1. The van der Waals surface area contributed by atoms with Crippen molar-refractivity contribution in [2.24, 2.45) is 0 Å². The van der Waals surface area contributed by atoms with Gasteiger partial charge in [-0.1, -0.05) is 30.3 Å². The Morgan fingerprint density at radius 3 is 2.52 bits per heavy atom. The molecular weight excluding hydrogens is 300 g/mol. The normalized spacial score (nSPS) is 19.8. The first-order chi connectivity index (χ1) is 11.0. The standard InChI is InChI=1S/C17H14O6/c18-11-6-10(7-13(19)20)14-12(8-11)23-17(16(22)15(14)21)9-4-2-1-3-5-9/h1-6,8,15,17-18,21H,7H2,(H,19,20). The van der Waals surface area contributed by atoms with Crippen LogP contribution >= 0.6 is 0 Å². The first-order valence-corrected chi connectivity index (χ1v) is 6.98. The third-order valence-corrected chi connectivity index (χ3v) is 3.70. The molecule has 0 amide bonds. The maximum absolute atomic E-state index is 12.4. The van der Waals surface area contributed by atoms with Gasteiger partial charge in [-0.25, -0.2) is 0 Å². The number of Topliss-reactive ketones (excluding diaryl/α,β-unsaturated/α-hetero) is 1. The molecule has 0 aromatic heterocycles. The van der Waals surface area contributed by atoms with Crippen LogP contribution in [-0.4, -0.2) is 27.1 Å². The summed E-state index contributed by atoms with van der Waals surface area (Å²) in [5.41, 5.74) is 0.826. The quantitative estimate of drug-likeness (QED) is 0.797. The minimum absolute atomic E-state index is 0.0994. The van der Waals surface area contributed by atoms with Gasteiger partial charge in [0.05, 0.1) is 6.42 Å². The average molecular weight is 314 g/mol. The number of fused-ring (bicyclic) bond motifs is 1. The van der Waals surface area contributed by atoms with Crippen LogP contribution in [0.4, 0.5) is 0 Å². The van der Waals surface area contributed by atoms with Crippen molar-refractivity contribution < 1.29 is 29.6 Å². The Balaban J connectivity index is 2.08. The molecular formula is C17H14O6. The van der Waals surface area contributed by atoms with E-state index in [1.807, 2.05) is 0 Å². The summed E-state index contributed by atoms with van der Waals surface area (Å²) in [6.45, 7) is 0. The molecule has 0 radical (unpaired) electrons. The van der Waals surface area contributed by atoms with E-state index in [2.05, 4.69) is 0 Å². The van der Waals surface area contributed by atoms with Crippen LogP contribution in [0.5, 0.6) is 11.5 Å². The van der Waals surface area contributed by atoms with Crippen molar-refractivity contribution in [3.63, 3.8) is 0 Å². The zero-order valence-corrected chi connectivity index (χ0v) is 12.0. The second kappa shape index (κ2) is 5.73. The lowest BCUT2D eigenvalue weighted by molar-refractivity contribution is -0.138. The van der Waals surface area contributed by atoms with E-state index in [-0.39, 0.29) is 22.6 Å². The molecule has 1 aliphatic heterocycles. The van der Waals surface area contributed by atoms with E-state index in [0.29, 0.717) is 5.56 Å². The highest BCUT2D eigenvalue weighted by atomic mass is 16.5. The van der Waals surface area contributed by atoms with Crippen LogP contribution in [0.3, 0.4) is 0 Å². The van der Waals surface area contributed by atoms with E-state index in [9.17, 15) is 19.8 Å². The number of phenolic OH excluding ortho intramolecular Hbond substituents is 1. The van der Waals surface area contributed by atoms with Crippen LogP contribution in [0.15, 0.2) is 42.5 Å². The van der Waals surface area contributed by atoms with Gasteiger partial charge in [-0.3, -0.25) is 9.59 Å². The van der Waals surface area contributed by atoms with Gasteiger partial charge >= 0.3 is 5.97 Å².